The molecule has 2 aliphatic rings. The lowest BCUT2D eigenvalue weighted by Gasteiger charge is -2.50. The standard InChI is InChI=1S/C22H27N5O10S/c1-5-34-19(30)11-6-7-13-15(25-17(28)14(26-33)12-8-38-21(23)24-12)18(29)27(13)16(11)20(31)36-10(4)37-22(32)35-9(2)3/h8-10,13,15,33H,5-7H2,1-4H3,(H2,23,24)(H,25,28)/b26-14-/t10?,13?,15-/m0/s1. The molecule has 3 atom stereocenters. The Kier molecular flexibility index (Phi) is 8.88. The van der Waals surface area contributed by atoms with E-state index in [1.54, 1.807) is 20.8 Å². The van der Waals surface area contributed by atoms with Gasteiger partial charge in [-0.2, -0.15) is 0 Å². The number of carbonyl (C=O) groups is 5. The molecule has 38 heavy (non-hydrogen) atoms. The quantitative estimate of drug-likeness (QED) is 0.0732. The van der Waals surface area contributed by atoms with Crippen molar-refractivity contribution in [1.29, 1.82) is 0 Å². The van der Waals surface area contributed by atoms with E-state index in [-0.39, 0.29) is 41.5 Å². The van der Waals surface area contributed by atoms with Crippen molar-refractivity contribution in [2.75, 3.05) is 12.3 Å². The SMILES string of the molecule is CCOC(=O)C1=C(C(=O)OC(C)OC(=O)OC(C)C)N2C(=O)[C@@H](NC(=O)/C(=N\O)c3csc(N)n3)C2CC1. The zero-order valence-corrected chi connectivity index (χ0v) is 21.8. The summed E-state index contributed by atoms with van der Waals surface area (Å²) in [5.41, 5.74) is 4.64. The van der Waals surface area contributed by atoms with E-state index in [1.807, 2.05) is 0 Å². The number of hydrogen-bond donors (Lipinski definition) is 3. The molecular weight excluding hydrogens is 526 g/mol. The molecule has 0 radical (unpaired) electrons. The first kappa shape index (κ1) is 28.4. The molecular formula is C22H27N5O10S. The summed E-state index contributed by atoms with van der Waals surface area (Å²) in [5, 5.41) is 16.3. The van der Waals surface area contributed by atoms with Crippen molar-refractivity contribution in [1.82, 2.24) is 15.2 Å². The number of nitrogens with one attached hydrogen (secondary N) is 1. The summed E-state index contributed by atoms with van der Waals surface area (Å²) in [6, 6.07) is -1.83. The van der Waals surface area contributed by atoms with Gasteiger partial charge in [0.25, 0.3) is 11.8 Å². The average molecular weight is 554 g/mol. The topological polar surface area (TPSA) is 209 Å². The van der Waals surface area contributed by atoms with Gasteiger partial charge in [0.2, 0.25) is 6.29 Å². The molecule has 3 rings (SSSR count). The van der Waals surface area contributed by atoms with Crippen LogP contribution in [0.15, 0.2) is 21.8 Å². The Labute approximate surface area is 220 Å². The number of aromatic nitrogens is 1. The lowest BCUT2D eigenvalue weighted by Crippen LogP contribution is -2.72. The first-order valence-corrected chi connectivity index (χ1v) is 12.4. The molecule has 0 spiro atoms. The van der Waals surface area contributed by atoms with E-state index in [9.17, 15) is 29.2 Å². The molecule has 1 aromatic rings. The van der Waals surface area contributed by atoms with Gasteiger partial charge in [-0.05, 0) is 33.6 Å². The molecule has 0 saturated carbocycles. The Morgan fingerprint density at radius 2 is 1.95 bits per heavy atom. The molecule has 0 bridgehead atoms. The number of thiazole rings is 1. The lowest BCUT2D eigenvalue weighted by molar-refractivity contribution is -0.172. The highest BCUT2D eigenvalue weighted by Crippen LogP contribution is 2.38. The van der Waals surface area contributed by atoms with Crippen LogP contribution in [0.4, 0.5) is 9.93 Å². The maximum absolute atomic E-state index is 13.1. The highest BCUT2D eigenvalue weighted by Gasteiger charge is 2.55. The normalized spacial score (nSPS) is 19.8. The Balaban J connectivity index is 1.79. The van der Waals surface area contributed by atoms with Crippen molar-refractivity contribution in [3.05, 3.63) is 22.3 Å². The molecule has 1 aromatic heterocycles. The number of anilines is 1. The van der Waals surface area contributed by atoms with E-state index in [1.165, 1.54) is 12.3 Å². The van der Waals surface area contributed by atoms with Crippen LogP contribution in [0.25, 0.3) is 0 Å². The van der Waals surface area contributed by atoms with E-state index in [0.717, 1.165) is 16.2 Å². The summed E-state index contributed by atoms with van der Waals surface area (Å²) in [6.45, 7) is 6.05. The van der Waals surface area contributed by atoms with Crippen LogP contribution < -0.4 is 11.1 Å². The number of nitrogen functional groups attached to an aromatic ring is 1. The molecule has 4 N–H and O–H groups in total. The molecule has 1 fully saturated rings. The molecule has 1 saturated heterocycles. The van der Waals surface area contributed by atoms with E-state index < -0.39 is 60.1 Å². The smallest absolute Gasteiger partial charge is 0.463 e. The van der Waals surface area contributed by atoms with Gasteiger partial charge >= 0.3 is 18.1 Å². The number of carbonyl (C=O) groups excluding carboxylic acids is 5. The number of oxime groups is 1. The summed E-state index contributed by atoms with van der Waals surface area (Å²) in [6.07, 6.45) is -2.74. The average Bonchev–Trinajstić information content (AvgIpc) is 3.26. The first-order valence-electron chi connectivity index (χ1n) is 11.5. The Bertz CT molecular complexity index is 1190. The molecule has 206 valence electrons. The number of fused-ring (bicyclic) bond motifs is 1. The van der Waals surface area contributed by atoms with Gasteiger partial charge in [-0.15, -0.1) is 11.3 Å². The van der Waals surface area contributed by atoms with Crippen LogP contribution in [0.3, 0.4) is 0 Å². The molecule has 15 nitrogen and oxygen atoms in total. The minimum atomic E-state index is -1.41. The third-order valence-corrected chi connectivity index (χ3v) is 6.06. The van der Waals surface area contributed by atoms with Crippen molar-refractivity contribution < 1.29 is 48.1 Å². The summed E-state index contributed by atoms with van der Waals surface area (Å²) in [5.74, 6) is -3.55. The maximum atomic E-state index is 13.1. The van der Waals surface area contributed by atoms with Crippen LogP contribution in [0.2, 0.25) is 0 Å². The van der Waals surface area contributed by atoms with Crippen molar-refractivity contribution in [2.24, 2.45) is 5.16 Å². The van der Waals surface area contributed by atoms with Crippen LogP contribution in [0.1, 0.15) is 46.2 Å². The highest BCUT2D eigenvalue weighted by molar-refractivity contribution is 7.13. The zero-order valence-electron chi connectivity index (χ0n) is 21.0. The van der Waals surface area contributed by atoms with Gasteiger partial charge in [-0.1, -0.05) is 5.16 Å². The third kappa shape index (κ3) is 6.01. The molecule has 2 amide bonds. The summed E-state index contributed by atoms with van der Waals surface area (Å²) >= 11 is 1.02. The zero-order chi connectivity index (χ0) is 28.1. The molecule has 16 heteroatoms. The minimum absolute atomic E-state index is 0.0125. The van der Waals surface area contributed by atoms with E-state index in [0.29, 0.717) is 0 Å². The second-order valence-electron chi connectivity index (χ2n) is 8.34. The molecule has 0 aromatic carbocycles. The minimum Gasteiger partial charge on any atom is -0.463 e. The number of amides is 2. The van der Waals surface area contributed by atoms with Crippen molar-refractivity contribution in [3.8, 4) is 0 Å². The van der Waals surface area contributed by atoms with Gasteiger partial charge in [0, 0.05) is 12.3 Å². The predicted octanol–water partition coefficient (Wildman–Crippen LogP) is 0.661. The van der Waals surface area contributed by atoms with Crippen LogP contribution >= 0.6 is 11.3 Å². The molecule has 2 aliphatic heterocycles. The van der Waals surface area contributed by atoms with Gasteiger partial charge in [0.1, 0.15) is 17.4 Å². The number of rotatable bonds is 9. The first-order chi connectivity index (χ1) is 18.0. The summed E-state index contributed by atoms with van der Waals surface area (Å²) < 4.78 is 19.9. The number of hydrogen-bond acceptors (Lipinski definition) is 14. The maximum Gasteiger partial charge on any atom is 0.511 e. The van der Waals surface area contributed by atoms with Gasteiger partial charge in [0.05, 0.1) is 24.3 Å². The fraction of sp³-hybridized carbons (Fsp3) is 0.500. The van der Waals surface area contributed by atoms with Gasteiger partial charge < -0.3 is 35.2 Å². The van der Waals surface area contributed by atoms with Gasteiger partial charge in [-0.25, -0.2) is 19.4 Å². The Morgan fingerprint density at radius 1 is 1.24 bits per heavy atom. The van der Waals surface area contributed by atoms with Crippen LogP contribution in [-0.4, -0.2) is 81.8 Å². The van der Waals surface area contributed by atoms with Crippen LogP contribution in [-0.2, 0) is 38.1 Å². The number of esters is 2. The number of nitrogens with two attached hydrogens (primary N) is 1. The fourth-order valence-corrected chi connectivity index (χ4v) is 4.42. The number of β-lactam (4-membered cyclic amide) rings is 1. The van der Waals surface area contributed by atoms with Crippen molar-refractivity contribution in [2.45, 2.75) is 65.0 Å². The van der Waals surface area contributed by atoms with Crippen LogP contribution in [0, 0.1) is 0 Å². The van der Waals surface area contributed by atoms with Gasteiger partial charge in [-0.3, -0.25) is 14.5 Å². The Morgan fingerprint density at radius 3 is 2.53 bits per heavy atom. The highest BCUT2D eigenvalue weighted by atomic mass is 32.1. The number of ether oxygens (including phenoxy) is 4. The van der Waals surface area contributed by atoms with E-state index in [4.69, 9.17) is 24.7 Å². The van der Waals surface area contributed by atoms with Gasteiger partial charge in [0.15, 0.2) is 10.8 Å². The second-order valence-corrected chi connectivity index (χ2v) is 9.23. The Hall–Kier alpha value is -4.21. The van der Waals surface area contributed by atoms with E-state index in [2.05, 4.69) is 15.5 Å². The fourth-order valence-electron chi connectivity index (χ4n) is 3.87. The predicted molar refractivity (Wildman–Crippen MR) is 129 cm³/mol. The molecule has 3 heterocycles. The lowest BCUT2D eigenvalue weighted by atomic mass is 9.83. The molecule has 0 aliphatic carbocycles. The monoisotopic (exact) mass is 553 g/mol. The molecule has 2 unspecified atom stereocenters. The van der Waals surface area contributed by atoms with E-state index >= 15 is 0 Å². The second kappa shape index (κ2) is 11.9. The number of nitrogens with zero attached hydrogens (tertiary/aromatic N) is 3. The third-order valence-electron chi connectivity index (χ3n) is 5.39. The summed E-state index contributed by atoms with van der Waals surface area (Å²) in [7, 11) is 0. The van der Waals surface area contributed by atoms with Crippen LogP contribution in [0.5, 0.6) is 0 Å². The van der Waals surface area contributed by atoms with Crippen molar-refractivity contribution >= 4 is 52.1 Å². The summed E-state index contributed by atoms with van der Waals surface area (Å²) in [4.78, 5) is 68.1. The van der Waals surface area contributed by atoms with Crippen molar-refractivity contribution in [3.63, 3.8) is 0 Å². The largest absolute Gasteiger partial charge is 0.511 e.